The molecule has 1 aromatic carbocycles. The van der Waals surface area contributed by atoms with Crippen LogP contribution in [0.1, 0.15) is 42.0 Å². The average molecular weight is 478 g/mol. The number of hydrogen-bond donors (Lipinski definition) is 0. The molecule has 0 aliphatic carbocycles. The highest BCUT2D eigenvalue weighted by Gasteiger charge is 2.24. The number of thiazole rings is 1. The number of ether oxygens (including phenoxy) is 1. The highest BCUT2D eigenvalue weighted by atomic mass is 35.5. The molecular weight excluding hydrogens is 446 g/mol. The van der Waals surface area contributed by atoms with E-state index in [1.807, 2.05) is 29.5 Å². The Morgan fingerprint density at radius 3 is 2.72 bits per heavy atom. The quantitative estimate of drug-likeness (QED) is 0.487. The number of benzene rings is 1. The minimum atomic E-state index is -0.0746. The number of hydrogen-bond acceptors (Lipinski definition) is 6. The van der Waals surface area contributed by atoms with Gasteiger partial charge in [0.1, 0.15) is 0 Å². The molecule has 1 aliphatic rings. The van der Waals surface area contributed by atoms with Crippen molar-refractivity contribution in [1.82, 2.24) is 19.7 Å². The molecule has 174 valence electrons. The molecule has 3 aromatic rings. The summed E-state index contributed by atoms with van der Waals surface area (Å²) in [7, 11) is 0. The summed E-state index contributed by atoms with van der Waals surface area (Å²) in [6, 6.07) is 8.15. The molecule has 1 aliphatic heterocycles. The summed E-state index contributed by atoms with van der Waals surface area (Å²) in [6.07, 6.45) is 1.81. The van der Waals surface area contributed by atoms with Gasteiger partial charge in [0.15, 0.2) is 10.8 Å². The molecule has 32 heavy (non-hydrogen) atoms. The molecule has 1 fully saturated rings. The van der Waals surface area contributed by atoms with Gasteiger partial charge >= 0.3 is 0 Å². The Balaban J connectivity index is 0.00000289. The summed E-state index contributed by atoms with van der Waals surface area (Å²) in [6.45, 7) is 12.0. The van der Waals surface area contributed by atoms with E-state index in [0.717, 1.165) is 73.3 Å². The third kappa shape index (κ3) is 5.31. The normalized spacial score (nSPS) is 14.5. The molecule has 0 unspecified atom stereocenters. The van der Waals surface area contributed by atoms with Crippen molar-refractivity contribution in [2.45, 2.75) is 40.2 Å². The van der Waals surface area contributed by atoms with Crippen LogP contribution in [0.3, 0.4) is 0 Å². The number of morpholine rings is 1. The zero-order valence-electron chi connectivity index (χ0n) is 19.0. The first-order valence-corrected chi connectivity index (χ1v) is 12.0. The largest absolute Gasteiger partial charge is 0.379 e. The van der Waals surface area contributed by atoms with Crippen molar-refractivity contribution >= 4 is 45.0 Å². The van der Waals surface area contributed by atoms with Gasteiger partial charge in [-0.05, 0) is 44.4 Å². The highest BCUT2D eigenvalue weighted by Crippen LogP contribution is 2.32. The van der Waals surface area contributed by atoms with Gasteiger partial charge in [-0.3, -0.25) is 19.3 Å². The summed E-state index contributed by atoms with van der Waals surface area (Å²) in [5.74, 6) is -0.0746. The Kier molecular flexibility index (Phi) is 8.64. The Morgan fingerprint density at radius 1 is 1.25 bits per heavy atom. The molecule has 0 saturated carbocycles. The van der Waals surface area contributed by atoms with Crippen molar-refractivity contribution < 1.29 is 9.53 Å². The fourth-order valence-electron chi connectivity index (χ4n) is 4.03. The Labute approximate surface area is 199 Å². The zero-order valence-corrected chi connectivity index (χ0v) is 20.7. The second kappa shape index (κ2) is 11.2. The van der Waals surface area contributed by atoms with Crippen LogP contribution in [0.4, 0.5) is 5.13 Å². The van der Waals surface area contributed by atoms with Crippen molar-refractivity contribution in [2.75, 3.05) is 44.3 Å². The number of carbonyl (C=O) groups excluding carboxylic acids is 1. The molecule has 9 heteroatoms. The molecule has 3 heterocycles. The maximum atomic E-state index is 13.5. The Bertz CT molecular complexity index is 1040. The number of aromatic nitrogens is 3. The molecule has 4 rings (SSSR count). The molecule has 2 aromatic heterocycles. The van der Waals surface area contributed by atoms with Gasteiger partial charge in [-0.1, -0.05) is 30.4 Å². The number of rotatable bonds is 8. The molecular formula is C23H32ClN5O2S. The Hall–Kier alpha value is -2.00. The topological polar surface area (TPSA) is 63.5 Å². The molecule has 1 amide bonds. The van der Waals surface area contributed by atoms with Crippen molar-refractivity contribution in [3.63, 3.8) is 0 Å². The van der Waals surface area contributed by atoms with Gasteiger partial charge in [-0.15, -0.1) is 12.4 Å². The average Bonchev–Trinajstić information content (AvgIpc) is 3.40. The first-order valence-electron chi connectivity index (χ1n) is 11.2. The molecule has 0 spiro atoms. The van der Waals surface area contributed by atoms with E-state index in [0.29, 0.717) is 12.2 Å². The second-order valence-electron chi connectivity index (χ2n) is 7.86. The standard InChI is InChI=1S/C23H31N5O2S.ClH/c1-4-18-8-6-9-20-21(18)24-23(31-20)27(11-7-10-26-12-14-30-15-13-26)22(29)19-16-17(3)28(5-2)25-19;/h6,8-9,16H,4-5,7,10-15H2,1-3H3;1H. The maximum Gasteiger partial charge on any atom is 0.280 e. The lowest BCUT2D eigenvalue weighted by atomic mass is 10.1. The van der Waals surface area contributed by atoms with E-state index in [2.05, 4.69) is 35.1 Å². The van der Waals surface area contributed by atoms with Crippen LogP contribution >= 0.6 is 23.7 Å². The first-order chi connectivity index (χ1) is 15.1. The van der Waals surface area contributed by atoms with Gasteiger partial charge in [0, 0.05) is 38.4 Å². The van der Waals surface area contributed by atoms with Gasteiger partial charge in [0.2, 0.25) is 0 Å². The van der Waals surface area contributed by atoms with Crippen LogP contribution in [0.15, 0.2) is 24.3 Å². The third-order valence-corrected chi connectivity index (χ3v) is 6.85. The number of nitrogens with zero attached hydrogens (tertiary/aromatic N) is 5. The number of carbonyl (C=O) groups is 1. The molecule has 7 nitrogen and oxygen atoms in total. The van der Waals surface area contributed by atoms with Crippen molar-refractivity contribution in [3.8, 4) is 0 Å². The number of amides is 1. The predicted octanol–water partition coefficient (Wildman–Crippen LogP) is 4.17. The van der Waals surface area contributed by atoms with Crippen LogP contribution in [-0.2, 0) is 17.7 Å². The third-order valence-electron chi connectivity index (χ3n) is 5.81. The molecule has 0 bridgehead atoms. The van der Waals surface area contributed by atoms with Crippen molar-refractivity contribution in [1.29, 1.82) is 0 Å². The molecule has 0 N–H and O–H groups in total. The minimum Gasteiger partial charge on any atom is -0.379 e. The van der Waals surface area contributed by atoms with E-state index in [-0.39, 0.29) is 18.3 Å². The van der Waals surface area contributed by atoms with Crippen LogP contribution in [0.25, 0.3) is 10.2 Å². The van der Waals surface area contributed by atoms with Crippen LogP contribution in [-0.4, -0.2) is 65.0 Å². The van der Waals surface area contributed by atoms with Crippen LogP contribution in [0, 0.1) is 6.92 Å². The molecule has 1 saturated heterocycles. The van der Waals surface area contributed by atoms with E-state index in [9.17, 15) is 4.79 Å². The van der Waals surface area contributed by atoms with E-state index in [1.54, 1.807) is 11.3 Å². The van der Waals surface area contributed by atoms with Crippen molar-refractivity contribution in [3.05, 3.63) is 41.2 Å². The number of aryl methyl sites for hydroxylation is 3. The van der Waals surface area contributed by atoms with Gasteiger partial charge < -0.3 is 4.74 Å². The fraction of sp³-hybridized carbons (Fsp3) is 0.522. The molecule has 0 radical (unpaired) electrons. The van der Waals surface area contributed by atoms with E-state index >= 15 is 0 Å². The summed E-state index contributed by atoms with van der Waals surface area (Å²) >= 11 is 1.59. The molecule has 0 atom stereocenters. The first kappa shape index (κ1) is 24.6. The number of para-hydroxylation sites is 1. The number of anilines is 1. The number of fused-ring (bicyclic) bond motifs is 1. The van der Waals surface area contributed by atoms with Gasteiger partial charge in [0.05, 0.1) is 23.4 Å². The fourth-order valence-corrected chi connectivity index (χ4v) is 5.07. The lowest BCUT2D eigenvalue weighted by Gasteiger charge is -2.27. The summed E-state index contributed by atoms with van der Waals surface area (Å²) in [5.41, 5.74) is 3.70. The van der Waals surface area contributed by atoms with Crippen molar-refractivity contribution in [2.24, 2.45) is 0 Å². The zero-order chi connectivity index (χ0) is 21.8. The van der Waals surface area contributed by atoms with E-state index in [1.165, 1.54) is 5.56 Å². The van der Waals surface area contributed by atoms with E-state index in [4.69, 9.17) is 9.72 Å². The smallest absolute Gasteiger partial charge is 0.280 e. The minimum absolute atomic E-state index is 0. The maximum absolute atomic E-state index is 13.5. The summed E-state index contributed by atoms with van der Waals surface area (Å²) in [4.78, 5) is 22.6. The predicted molar refractivity (Wildman–Crippen MR) is 132 cm³/mol. The lowest BCUT2D eigenvalue weighted by Crippen LogP contribution is -2.39. The van der Waals surface area contributed by atoms with Gasteiger partial charge in [-0.2, -0.15) is 5.10 Å². The van der Waals surface area contributed by atoms with Crippen LogP contribution in [0.5, 0.6) is 0 Å². The SMILES string of the molecule is CCc1cccc2sc(N(CCCN3CCOCC3)C(=O)c3cc(C)n(CC)n3)nc12.Cl. The summed E-state index contributed by atoms with van der Waals surface area (Å²) in [5, 5.41) is 5.29. The second-order valence-corrected chi connectivity index (χ2v) is 8.87. The van der Waals surface area contributed by atoms with Gasteiger partial charge in [0.25, 0.3) is 5.91 Å². The van der Waals surface area contributed by atoms with Crippen LogP contribution < -0.4 is 4.90 Å². The monoisotopic (exact) mass is 477 g/mol. The highest BCUT2D eigenvalue weighted by molar-refractivity contribution is 7.22. The Morgan fingerprint density at radius 2 is 2.03 bits per heavy atom. The lowest BCUT2D eigenvalue weighted by molar-refractivity contribution is 0.0376. The number of halogens is 1. The summed E-state index contributed by atoms with van der Waals surface area (Å²) < 4.78 is 8.44. The van der Waals surface area contributed by atoms with Crippen LogP contribution in [0.2, 0.25) is 0 Å². The van der Waals surface area contributed by atoms with Gasteiger partial charge in [-0.25, -0.2) is 4.98 Å². The van der Waals surface area contributed by atoms with E-state index < -0.39 is 0 Å².